The van der Waals surface area contributed by atoms with Gasteiger partial charge in [-0.05, 0) is 49.4 Å². The lowest BCUT2D eigenvalue weighted by Crippen LogP contribution is -2.41. The van der Waals surface area contributed by atoms with E-state index in [2.05, 4.69) is 25.4 Å². The van der Waals surface area contributed by atoms with Crippen LogP contribution < -0.4 is 14.9 Å². The quantitative estimate of drug-likeness (QED) is 0.142. The fourth-order valence-corrected chi connectivity index (χ4v) is 7.51. The lowest BCUT2D eigenvalue weighted by Gasteiger charge is -2.29. The number of aliphatic hydroxyl groups excluding tert-OH is 1. The lowest BCUT2D eigenvalue weighted by atomic mass is 9.98. The number of halogens is 1. The number of aliphatic hydroxyl groups is 1. The van der Waals surface area contributed by atoms with Crippen LogP contribution in [0.4, 0.5) is 10.2 Å². The highest BCUT2D eigenvalue weighted by Crippen LogP contribution is 2.49. The Morgan fingerprint density at radius 2 is 1.96 bits per heavy atom. The lowest BCUT2D eigenvalue weighted by molar-refractivity contribution is -0.148. The Morgan fingerprint density at radius 3 is 2.67 bits per heavy atom. The Balaban J connectivity index is 1.40. The van der Waals surface area contributed by atoms with Crippen molar-refractivity contribution in [1.82, 2.24) is 24.6 Å². The Labute approximate surface area is 272 Å². The molecule has 0 saturated carbocycles. The highest BCUT2D eigenvalue weighted by molar-refractivity contribution is 8.09. The molecular weight excluding hydrogens is 634 g/mol. The minimum atomic E-state index is -3.56. The van der Waals surface area contributed by atoms with Crippen molar-refractivity contribution >= 4 is 52.2 Å². The van der Waals surface area contributed by atoms with Crippen LogP contribution in [0.1, 0.15) is 46.7 Å². The summed E-state index contributed by atoms with van der Waals surface area (Å²) in [5.74, 6) is 0.830. The molecule has 2 aromatic carbocycles. The summed E-state index contributed by atoms with van der Waals surface area (Å²) in [6.07, 6.45) is -2.67. The topological polar surface area (TPSA) is 142 Å². The van der Waals surface area contributed by atoms with E-state index in [9.17, 15) is 9.90 Å². The van der Waals surface area contributed by atoms with Crippen molar-refractivity contribution in [2.45, 2.75) is 71.7 Å². The molecule has 1 aliphatic heterocycles. The van der Waals surface area contributed by atoms with Crippen LogP contribution in [0.15, 0.2) is 48.8 Å². The van der Waals surface area contributed by atoms with E-state index in [1.165, 1.54) is 17.8 Å². The third kappa shape index (κ3) is 7.17. The van der Waals surface area contributed by atoms with Crippen molar-refractivity contribution < 1.29 is 32.8 Å². The van der Waals surface area contributed by atoms with Crippen LogP contribution in [-0.2, 0) is 30.6 Å². The zero-order valence-corrected chi connectivity index (χ0v) is 28.6. The minimum Gasteiger partial charge on any atom is -0.464 e. The van der Waals surface area contributed by atoms with Gasteiger partial charge in [0.15, 0.2) is 28.9 Å². The summed E-state index contributed by atoms with van der Waals surface area (Å²) >= 11 is 5.92. The molecule has 5 rings (SSSR count). The number of aryl methyl sites for hydroxylation is 1. The summed E-state index contributed by atoms with van der Waals surface area (Å²) in [5.41, 5.74) is -1.74. The summed E-state index contributed by atoms with van der Waals surface area (Å²) in [4.78, 5) is 26.1. The number of rotatable bonds is 11. The molecule has 248 valence electrons. The summed E-state index contributed by atoms with van der Waals surface area (Å²) in [6, 6.07) is 12.2. The number of carbonyl (C=O) groups excluding carboxylic acids is 1. The fraction of sp³-hybridized carbons (Fsp3) is 0.484. The molecule has 15 heteroatoms. The number of benzene rings is 2. The first-order valence-corrected chi connectivity index (χ1v) is 17.5. The van der Waals surface area contributed by atoms with Crippen LogP contribution in [0.2, 0.25) is 0 Å². The van der Waals surface area contributed by atoms with Gasteiger partial charge in [0.05, 0.1) is 19.5 Å². The Morgan fingerprint density at radius 1 is 1.24 bits per heavy atom. The number of esters is 1. The molecule has 3 N–H and O–H groups in total. The number of aromatic nitrogens is 4. The Hall–Kier alpha value is -3.26. The normalized spacial score (nSPS) is 23.7. The van der Waals surface area contributed by atoms with Crippen LogP contribution in [0.3, 0.4) is 0 Å². The molecule has 0 spiro atoms. The summed E-state index contributed by atoms with van der Waals surface area (Å²) in [5, 5.41) is 18.8. The average molecular weight is 675 g/mol. The van der Waals surface area contributed by atoms with Crippen molar-refractivity contribution in [2.75, 3.05) is 25.6 Å². The SMILES string of the molecule is CNc1nc(C)nc2c1ncn2[C@@H]1O[C@H](COP(=S)(N[C@@H](C)C(=O)OCC(C)(C)C)Oc2cccc3ccccc23)[C@@H](O)[C@@]1(C)F. The molecule has 12 nitrogen and oxygen atoms in total. The number of anilines is 1. The molecule has 4 aromatic rings. The standard InChI is InChI=1S/C31H40FN6O6PS/c1-18(28(40)41-16-30(3,4)5)37-45(46,44-22-14-10-12-20-11-8-9-13-21(20)22)42-15-23-25(39)31(6,32)29(43-23)38-17-34-24-26(33-7)35-19(2)36-27(24)38/h8-14,17-18,23,25,29,39H,15-16H2,1-7H3,(H,37,46)(H,33,35,36)/t18-,23+,25+,29+,31+,45?/m0/s1. The van der Waals surface area contributed by atoms with Crippen molar-refractivity contribution in [1.29, 1.82) is 0 Å². The average Bonchev–Trinajstić information content (AvgIpc) is 3.51. The van der Waals surface area contributed by atoms with Gasteiger partial charge in [-0.3, -0.25) is 9.36 Å². The van der Waals surface area contributed by atoms with E-state index < -0.39 is 42.8 Å². The van der Waals surface area contributed by atoms with Crippen molar-refractivity contribution in [3.05, 3.63) is 54.6 Å². The van der Waals surface area contributed by atoms with E-state index in [1.807, 2.05) is 57.2 Å². The molecular formula is C31H40FN6O6PS. The van der Waals surface area contributed by atoms with Crippen LogP contribution in [0, 0.1) is 12.3 Å². The number of hydrogen-bond donors (Lipinski definition) is 3. The number of imidazole rings is 1. The van der Waals surface area contributed by atoms with E-state index in [1.54, 1.807) is 27.0 Å². The van der Waals surface area contributed by atoms with Gasteiger partial charge in [0, 0.05) is 12.4 Å². The summed E-state index contributed by atoms with van der Waals surface area (Å²) in [6.45, 7) is 6.71. The number of alkyl halides is 1. The van der Waals surface area contributed by atoms with Crippen LogP contribution in [-0.4, -0.2) is 74.8 Å². The van der Waals surface area contributed by atoms with Gasteiger partial charge in [-0.2, -0.15) is 0 Å². The molecule has 6 atom stereocenters. The van der Waals surface area contributed by atoms with E-state index in [0.29, 0.717) is 28.6 Å². The molecule has 46 heavy (non-hydrogen) atoms. The van der Waals surface area contributed by atoms with Gasteiger partial charge in [0.2, 0.25) is 0 Å². The molecule has 2 aromatic heterocycles. The first-order valence-electron chi connectivity index (χ1n) is 14.9. The monoisotopic (exact) mass is 674 g/mol. The van der Waals surface area contributed by atoms with E-state index >= 15 is 4.39 Å². The molecule has 0 radical (unpaired) electrons. The van der Waals surface area contributed by atoms with Crippen molar-refractivity contribution in [2.24, 2.45) is 5.41 Å². The van der Waals surface area contributed by atoms with Gasteiger partial charge < -0.3 is 28.9 Å². The third-order valence-corrected chi connectivity index (χ3v) is 9.96. The highest BCUT2D eigenvalue weighted by Gasteiger charge is 2.56. The minimum absolute atomic E-state index is 0.202. The summed E-state index contributed by atoms with van der Waals surface area (Å²) < 4.78 is 41.8. The Kier molecular flexibility index (Phi) is 9.70. The number of nitrogens with zero attached hydrogens (tertiary/aromatic N) is 4. The van der Waals surface area contributed by atoms with Crippen molar-refractivity contribution in [3.8, 4) is 5.75 Å². The molecule has 0 bridgehead atoms. The van der Waals surface area contributed by atoms with Gasteiger partial charge in [-0.1, -0.05) is 57.2 Å². The second-order valence-corrected chi connectivity index (χ2v) is 15.8. The molecule has 1 aliphatic rings. The highest BCUT2D eigenvalue weighted by atomic mass is 32.5. The maximum Gasteiger partial charge on any atom is 0.323 e. The molecule has 0 aliphatic carbocycles. The van der Waals surface area contributed by atoms with Gasteiger partial charge >= 0.3 is 12.6 Å². The zero-order chi connectivity index (χ0) is 33.4. The Bertz CT molecular complexity index is 1780. The first-order chi connectivity index (χ1) is 21.6. The van der Waals surface area contributed by atoms with Crippen molar-refractivity contribution in [3.63, 3.8) is 0 Å². The van der Waals surface area contributed by atoms with Gasteiger partial charge in [0.1, 0.15) is 29.8 Å². The number of carbonyl (C=O) groups is 1. The molecule has 0 amide bonds. The maximum atomic E-state index is 16.3. The molecule has 1 unspecified atom stereocenters. The maximum absolute atomic E-state index is 16.3. The third-order valence-electron chi connectivity index (χ3n) is 7.47. The van der Waals surface area contributed by atoms with Gasteiger partial charge in [0.25, 0.3) is 0 Å². The second kappa shape index (κ2) is 13.1. The first kappa shape index (κ1) is 34.1. The van der Waals surface area contributed by atoms with Gasteiger partial charge in [-0.25, -0.2) is 24.4 Å². The van der Waals surface area contributed by atoms with Crippen LogP contribution in [0.25, 0.3) is 21.9 Å². The predicted molar refractivity (Wildman–Crippen MR) is 177 cm³/mol. The number of nitrogens with one attached hydrogen (secondary N) is 2. The largest absolute Gasteiger partial charge is 0.464 e. The van der Waals surface area contributed by atoms with E-state index in [0.717, 1.165) is 10.8 Å². The molecule has 3 heterocycles. The summed E-state index contributed by atoms with van der Waals surface area (Å²) in [7, 11) is 1.70. The van der Waals surface area contributed by atoms with Gasteiger partial charge in [-0.15, -0.1) is 0 Å². The number of hydrogen-bond acceptors (Lipinski definition) is 11. The zero-order valence-electron chi connectivity index (χ0n) is 26.9. The smallest absolute Gasteiger partial charge is 0.323 e. The van der Waals surface area contributed by atoms with Crippen LogP contribution >= 0.6 is 6.64 Å². The van der Waals surface area contributed by atoms with E-state index in [-0.39, 0.29) is 18.6 Å². The molecule has 1 saturated heterocycles. The van der Waals surface area contributed by atoms with Crippen LogP contribution in [0.5, 0.6) is 5.75 Å². The fourth-order valence-electron chi connectivity index (χ4n) is 5.09. The van der Waals surface area contributed by atoms with E-state index in [4.69, 9.17) is 30.3 Å². The number of fused-ring (bicyclic) bond motifs is 2. The number of ether oxygens (including phenoxy) is 2. The predicted octanol–water partition coefficient (Wildman–Crippen LogP) is 5.20. The molecule has 1 fully saturated rings. The second-order valence-electron chi connectivity index (χ2n) is 12.7.